The highest BCUT2D eigenvalue weighted by molar-refractivity contribution is 5.96. The van der Waals surface area contributed by atoms with Crippen molar-refractivity contribution >= 4 is 17.3 Å². The summed E-state index contributed by atoms with van der Waals surface area (Å²) in [7, 11) is 0. The standard InChI is InChI=1S/C14H19N3O4/c1-2-15-12-9-10(3-4-13(12)17(20)21)14(19)16-7-5-11(18)6-8-16/h3-4,9,11,15,18H,2,5-8H2,1H3. The highest BCUT2D eigenvalue weighted by Crippen LogP contribution is 2.26. The zero-order chi connectivity index (χ0) is 15.4. The smallest absolute Gasteiger partial charge is 0.292 e. The monoisotopic (exact) mass is 293 g/mol. The first kappa shape index (κ1) is 15.2. The summed E-state index contributed by atoms with van der Waals surface area (Å²) in [6.07, 6.45) is 0.792. The fourth-order valence-electron chi connectivity index (χ4n) is 2.41. The first-order valence-electron chi connectivity index (χ1n) is 7.02. The molecule has 2 rings (SSSR count). The number of likely N-dealkylation sites (tertiary alicyclic amines) is 1. The molecule has 0 unspecified atom stereocenters. The molecule has 0 aromatic heterocycles. The molecule has 0 radical (unpaired) electrons. The summed E-state index contributed by atoms with van der Waals surface area (Å²) in [5.41, 5.74) is 0.737. The van der Waals surface area contributed by atoms with E-state index in [0.717, 1.165) is 0 Å². The van der Waals surface area contributed by atoms with Crippen molar-refractivity contribution in [1.29, 1.82) is 0 Å². The van der Waals surface area contributed by atoms with Crippen LogP contribution in [-0.4, -0.2) is 46.6 Å². The highest BCUT2D eigenvalue weighted by Gasteiger charge is 2.24. The van der Waals surface area contributed by atoms with Gasteiger partial charge in [0.25, 0.3) is 11.6 Å². The van der Waals surface area contributed by atoms with E-state index in [1.807, 2.05) is 6.92 Å². The van der Waals surface area contributed by atoms with Crippen molar-refractivity contribution in [2.75, 3.05) is 25.0 Å². The molecule has 2 N–H and O–H groups in total. The Morgan fingerprint density at radius 2 is 2.14 bits per heavy atom. The van der Waals surface area contributed by atoms with Gasteiger partial charge in [0, 0.05) is 31.3 Å². The number of amides is 1. The second-order valence-electron chi connectivity index (χ2n) is 5.04. The van der Waals surface area contributed by atoms with Crippen LogP contribution in [-0.2, 0) is 0 Å². The number of nitro groups is 1. The van der Waals surface area contributed by atoms with E-state index < -0.39 is 4.92 Å². The van der Waals surface area contributed by atoms with Crippen LogP contribution in [0.3, 0.4) is 0 Å². The molecular weight excluding hydrogens is 274 g/mol. The maximum Gasteiger partial charge on any atom is 0.292 e. The van der Waals surface area contributed by atoms with E-state index in [0.29, 0.717) is 43.7 Å². The van der Waals surface area contributed by atoms with E-state index >= 15 is 0 Å². The third kappa shape index (κ3) is 3.49. The molecule has 1 amide bonds. The minimum absolute atomic E-state index is 0.0394. The van der Waals surface area contributed by atoms with E-state index in [1.54, 1.807) is 4.90 Å². The molecule has 1 heterocycles. The summed E-state index contributed by atoms with van der Waals surface area (Å²) in [4.78, 5) is 24.6. The summed E-state index contributed by atoms with van der Waals surface area (Å²) in [6, 6.07) is 4.35. The molecule has 1 aromatic rings. The third-order valence-corrected chi connectivity index (χ3v) is 3.56. The third-order valence-electron chi connectivity index (χ3n) is 3.56. The second kappa shape index (κ2) is 6.53. The van der Waals surface area contributed by atoms with Crippen LogP contribution in [0, 0.1) is 10.1 Å². The summed E-state index contributed by atoms with van der Waals surface area (Å²) in [5, 5.41) is 23.3. The first-order valence-corrected chi connectivity index (χ1v) is 7.02. The van der Waals surface area contributed by atoms with Crippen molar-refractivity contribution in [2.45, 2.75) is 25.9 Å². The lowest BCUT2D eigenvalue weighted by Crippen LogP contribution is -2.40. The predicted octanol–water partition coefficient (Wildman–Crippen LogP) is 1.62. The number of aliphatic hydroxyl groups excluding tert-OH is 1. The molecular formula is C14H19N3O4. The lowest BCUT2D eigenvalue weighted by molar-refractivity contribution is -0.384. The van der Waals surface area contributed by atoms with Crippen LogP contribution in [0.1, 0.15) is 30.1 Å². The fourth-order valence-corrected chi connectivity index (χ4v) is 2.41. The minimum Gasteiger partial charge on any atom is -0.393 e. The van der Waals surface area contributed by atoms with Gasteiger partial charge in [0.15, 0.2) is 0 Å². The molecule has 1 aliphatic heterocycles. The van der Waals surface area contributed by atoms with Gasteiger partial charge in [-0.2, -0.15) is 0 Å². The molecule has 0 aliphatic carbocycles. The summed E-state index contributed by atoms with van der Waals surface area (Å²) in [5.74, 6) is -0.157. The number of anilines is 1. The van der Waals surface area contributed by atoms with Crippen LogP contribution >= 0.6 is 0 Å². The number of hydrogen-bond donors (Lipinski definition) is 2. The van der Waals surface area contributed by atoms with Crippen LogP contribution in [0.2, 0.25) is 0 Å². The van der Waals surface area contributed by atoms with Crippen molar-refractivity contribution in [1.82, 2.24) is 4.90 Å². The van der Waals surface area contributed by atoms with E-state index in [2.05, 4.69) is 5.32 Å². The molecule has 0 saturated carbocycles. The lowest BCUT2D eigenvalue weighted by Gasteiger charge is -2.29. The number of hydrogen-bond acceptors (Lipinski definition) is 5. The SMILES string of the molecule is CCNc1cc(C(=O)N2CCC(O)CC2)ccc1[N+](=O)[O-]. The normalized spacial score (nSPS) is 15.8. The van der Waals surface area contributed by atoms with Crippen molar-refractivity contribution in [2.24, 2.45) is 0 Å². The Labute approximate surface area is 122 Å². The molecule has 0 bridgehead atoms. The number of carbonyl (C=O) groups excluding carboxylic acids is 1. The molecule has 7 heteroatoms. The quantitative estimate of drug-likeness (QED) is 0.649. The molecule has 7 nitrogen and oxygen atoms in total. The van der Waals surface area contributed by atoms with Crippen molar-refractivity contribution in [3.05, 3.63) is 33.9 Å². The van der Waals surface area contributed by atoms with Gasteiger partial charge in [-0.25, -0.2) is 0 Å². The van der Waals surface area contributed by atoms with Gasteiger partial charge in [0.1, 0.15) is 5.69 Å². The summed E-state index contributed by atoms with van der Waals surface area (Å²) < 4.78 is 0. The van der Waals surface area contributed by atoms with Gasteiger partial charge in [-0.3, -0.25) is 14.9 Å². The van der Waals surface area contributed by atoms with Gasteiger partial charge >= 0.3 is 0 Å². The molecule has 1 aromatic carbocycles. The molecule has 0 spiro atoms. The second-order valence-corrected chi connectivity index (χ2v) is 5.04. The van der Waals surface area contributed by atoms with Gasteiger partial charge in [-0.15, -0.1) is 0 Å². The van der Waals surface area contributed by atoms with Gasteiger partial charge in [0.05, 0.1) is 11.0 Å². The van der Waals surface area contributed by atoms with Crippen LogP contribution in [0.4, 0.5) is 11.4 Å². The predicted molar refractivity (Wildman–Crippen MR) is 78.4 cm³/mol. The van der Waals surface area contributed by atoms with Crippen LogP contribution < -0.4 is 5.32 Å². The molecule has 1 fully saturated rings. The van der Waals surface area contributed by atoms with E-state index in [9.17, 15) is 20.0 Å². The van der Waals surface area contributed by atoms with E-state index in [4.69, 9.17) is 0 Å². The fraction of sp³-hybridized carbons (Fsp3) is 0.500. The average Bonchev–Trinajstić information content (AvgIpc) is 2.47. The topological polar surface area (TPSA) is 95.7 Å². The molecule has 1 aliphatic rings. The Kier molecular flexibility index (Phi) is 4.74. The van der Waals surface area contributed by atoms with Crippen molar-refractivity contribution < 1.29 is 14.8 Å². The number of benzene rings is 1. The maximum absolute atomic E-state index is 12.4. The lowest BCUT2D eigenvalue weighted by atomic mass is 10.1. The number of carbonyl (C=O) groups is 1. The number of aliphatic hydroxyl groups is 1. The first-order chi connectivity index (χ1) is 10.0. The van der Waals surface area contributed by atoms with Crippen LogP contribution in [0.25, 0.3) is 0 Å². The number of nitro benzene ring substituents is 1. The molecule has 21 heavy (non-hydrogen) atoms. The van der Waals surface area contributed by atoms with Crippen LogP contribution in [0.15, 0.2) is 18.2 Å². The number of nitrogens with zero attached hydrogens (tertiary/aromatic N) is 2. The maximum atomic E-state index is 12.4. The zero-order valence-electron chi connectivity index (χ0n) is 11.9. The summed E-state index contributed by atoms with van der Waals surface area (Å²) in [6.45, 7) is 3.39. The highest BCUT2D eigenvalue weighted by atomic mass is 16.6. The molecule has 1 saturated heterocycles. The largest absolute Gasteiger partial charge is 0.393 e. The number of piperidine rings is 1. The molecule has 114 valence electrons. The average molecular weight is 293 g/mol. The Morgan fingerprint density at radius 3 is 2.71 bits per heavy atom. The Balaban J connectivity index is 2.21. The Morgan fingerprint density at radius 1 is 1.48 bits per heavy atom. The Hall–Kier alpha value is -2.15. The summed E-state index contributed by atoms with van der Waals surface area (Å²) >= 11 is 0. The van der Waals surface area contributed by atoms with Gasteiger partial charge in [0.2, 0.25) is 0 Å². The van der Waals surface area contributed by atoms with Crippen LogP contribution in [0.5, 0.6) is 0 Å². The Bertz CT molecular complexity index is 539. The van der Waals surface area contributed by atoms with E-state index in [1.165, 1.54) is 18.2 Å². The van der Waals surface area contributed by atoms with Crippen molar-refractivity contribution in [3.63, 3.8) is 0 Å². The number of rotatable bonds is 4. The van der Waals surface area contributed by atoms with Gasteiger partial charge in [-0.1, -0.05) is 0 Å². The minimum atomic E-state index is -0.469. The van der Waals surface area contributed by atoms with E-state index in [-0.39, 0.29) is 17.7 Å². The zero-order valence-corrected chi connectivity index (χ0v) is 11.9. The van der Waals surface area contributed by atoms with Crippen molar-refractivity contribution in [3.8, 4) is 0 Å². The van der Waals surface area contributed by atoms with Gasteiger partial charge < -0.3 is 15.3 Å². The molecule has 0 atom stereocenters. The van der Waals surface area contributed by atoms with Gasteiger partial charge in [-0.05, 0) is 31.9 Å². The number of nitrogens with one attached hydrogen (secondary N) is 1.